The van der Waals surface area contributed by atoms with Crippen LogP contribution in [0.1, 0.15) is 18.4 Å². The van der Waals surface area contributed by atoms with Crippen LogP contribution in [0.4, 0.5) is 0 Å². The van der Waals surface area contributed by atoms with Gasteiger partial charge in [0.05, 0.1) is 5.57 Å². The van der Waals surface area contributed by atoms with E-state index < -0.39 is 11.9 Å². The van der Waals surface area contributed by atoms with Crippen molar-refractivity contribution in [1.82, 2.24) is 4.90 Å². The van der Waals surface area contributed by atoms with Crippen LogP contribution in [0, 0.1) is 0 Å². The van der Waals surface area contributed by atoms with Crippen molar-refractivity contribution in [2.45, 2.75) is 18.9 Å². The number of rotatable bonds is 4. The second-order valence-electron chi connectivity index (χ2n) is 4.66. The summed E-state index contributed by atoms with van der Waals surface area (Å²) >= 11 is 1.26. The van der Waals surface area contributed by atoms with Crippen LogP contribution < -0.4 is 0 Å². The van der Waals surface area contributed by atoms with Gasteiger partial charge in [-0.3, -0.25) is 14.5 Å². The number of hydrogen-bond acceptors (Lipinski definition) is 6. The summed E-state index contributed by atoms with van der Waals surface area (Å²) in [6.45, 7) is 1.33. The SMILES string of the molecule is CC(=O)OCc1ccc(C=C2C(=O)N3C(C(=O)O)=CS[C@H]23)o1. The highest BCUT2D eigenvalue weighted by atomic mass is 32.2. The van der Waals surface area contributed by atoms with Crippen LogP contribution in [0.15, 0.2) is 33.2 Å². The van der Waals surface area contributed by atoms with Crippen LogP contribution in [0.25, 0.3) is 6.08 Å². The molecule has 1 amide bonds. The predicted molar refractivity (Wildman–Crippen MR) is 76.1 cm³/mol. The fraction of sp³-hybridized carbons (Fsp3) is 0.214. The number of esters is 1. The number of amides is 1. The Bertz CT molecular complexity index is 731. The van der Waals surface area contributed by atoms with Gasteiger partial charge in [-0.1, -0.05) is 0 Å². The number of fused-ring (bicyclic) bond motifs is 1. The van der Waals surface area contributed by atoms with Gasteiger partial charge < -0.3 is 14.3 Å². The highest BCUT2D eigenvalue weighted by molar-refractivity contribution is 8.03. The highest BCUT2D eigenvalue weighted by Crippen LogP contribution is 2.45. The van der Waals surface area contributed by atoms with Crippen LogP contribution in [0.3, 0.4) is 0 Å². The van der Waals surface area contributed by atoms with Crippen molar-refractivity contribution in [3.05, 3.63) is 40.3 Å². The lowest BCUT2D eigenvalue weighted by Crippen LogP contribution is -2.51. The summed E-state index contributed by atoms with van der Waals surface area (Å²) in [5, 5.41) is 10.1. The molecule has 0 saturated carbocycles. The molecule has 2 aliphatic heterocycles. The molecular weight excluding hydrogens is 310 g/mol. The number of carboxylic acids is 1. The largest absolute Gasteiger partial charge is 0.477 e. The van der Waals surface area contributed by atoms with Gasteiger partial charge in [-0.2, -0.15) is 0 Å². The minimum Gasteiger partial charge on any atom is -0.477 e. The third kappa shape index (κ3) is 2.41. The lowest BCUT2D eigenvalue weighted by molar-refractivity contribution is -0.142. The molecule has 1 N–H and O–H groups in total. The first-order valence-electron chi connectivity index (χ1n) is 6.33. The summed E-state index contributed by atoms with van der Waals surface area (Å²) < 4.78 is 10.3. The van der Waals surface area contributed by atoms with Crippen molar-refractivity contribution in [2.24, 2.45) is 0 Å². The fourth-order valence-electron chi connectivity index (χ4n) is 2.14. The van der Waals surface area contributed by atoms with Gasteiger partial charge in [0.15, 0.2) is 0 Å². The van der Waals surface area contributed by atoms with E-state index in [1.54, 1.807) is 18.2 Å². The third-order valence-electron chi connectivity index (χ3n) is 3.15. The van der Waals surface area contributed by atoms with E-state index in [1.807, 2.05) is 0 Å². The number of thioether (sulfide) groups is 1. The normalized spacial score (nSPS) is 21.4. The van der Waals surface area contributed by atoms with Crippen molar-refractivity contribution in [3.63, 3.8) is 0 Å². The Labute approximate surface area is 129 Å². The van der Waals surface area contributed by atoms with E-state index in [0.717, 1.165) is 0 Å². The van der Waals surface area contributed by atoms with Gasteiger partial charge in [0, 0.05) is 12.3 Å². The van der Waals surface area contributed by atoms with Gasteiger partial charge in [0.1, 0.15) is 29.2 Å². The zero-order valence-corrected chi connectivity index (χ0v) is 12.3. The molecule has 8 heteroatoms. The van der Waals surface area contributed by atoms with Gasteiger partial charge in [0.2, 0.25) is 0 Å². The summed E-state index contributed by atoms with van der Waals surface area (Å²) in [5.74, 6) is -0.954. The van der Waals surface area contributed by atoms with Crippen molar-refractivity contribution < 1.29 is 28.6 Å². The van der Waals surface area contributed by atoms with Gasteiger partial charge in [-0.05, 0) is 18.2 Å². The van der Waals surface area contributed by atoms with Crippen LogP contribution in [0.2, 0.25) is 0 Å². The number of hydrogen-bond donors (Lipinski definition) is 1. The van der Waals surface area contributed by atoms with Gasteiger partial charge in [-0.25, -0.2) is 4.79 Å². The van der Waals surface area contributed by atoms with E-state index in [1.165, 1.54) is 29.0 Å². The number of carbonyl (C=O) groups is 3. The maximum atomic E-state index is 12.0. The van der Waals surface area contributed by atoms with Crippen LogP contribution in [0.5, 0.6) is 0 Å². The summed E-state index contributed by atoms with van der Waals surface area (Å²) in [4.78, 5) is 35.0. The summed E-state index contributed by atoms with van der Waals surface area (Å²) in [6, 6.07) is 3.31. The first-order valence-corrected chi connectivity index (χ1v) is 7.28. The Morgan fingerprint density at radius 1 is 1.50 bits per heavy atom. The molecule has 114 valence electrons. The Kier molecular flexibility index (Phi) is 3.53. The molecule has 0 spiro atoms. The zero-order chi connectivity index (χ0) is 15.9. The van der Waals surface area contributed by atoms with E-state index >= 15 is 0 Å². The molecule has 1 fully saturated rings. The first kappa shape index (κ1) is 14.5. The molecule has 22 heavy (non-hydrogen) atoms. The molecule has 3 heterocycles. The van der Waals surface area contributed by atoms with Gasteiger partial charge in [-0.15, -0.1) is 11.8 Å². The molecule has 0 radical (unpaired) electrons. The highest BCUT2D eigenvalue weighted by Gasteiger charge is 2.49. The number of carbonyl (C=O) groups excluding carboxylic acids is 2. The number of furan rings is 1. The van der Waals surface area contributed by atoms with E-state index in [-0.39, 0.29) is 23.6 Å². The zero-order valence-electron chi connectivity index (χ0n) is 11.4. The number of nitrogens with zero attached hydrogens (tertiary/aromatic N) is 1. The van der Waals surface area contributed by atoms with E-state index in [0.29, 0.717) is 17.1 Å². The second-order valence-corrected chi connectivity index (χ2v) is 5.61. The molecule has 0 unspecified atom stereocenters. The third-order valence-corrected chi connectivity index (χ3v) is 4.23. The minimum absolute atomic E-state index is 0.00728. The molecule has 1 atom stereocenters. The Balaban J connectivity index is 1.71. The first-order chi connectivity index (χ1) is 10.5. The lowest BCUT2D eigenvalue weighted by atomic mass is 10.0. The molecule has 0 aromatic carbocycles. The molecular formula is C14H11NO6S. The number of β-lactam (4-membered cyclic amide) rings is 1. The van der Waals surface area contributed by atoms with Gasteiger partial charge >= 0.3 is 11.9 Å². The van der Waals surface area contributed by atoms with Crippen LogP contribution in [-0.2, 0) is 25.7 Å². The Morgan fingerprint density at radius 3 is 2.95 bits per heavy atom. The molecule has 2 aliphatic rings. The van der Waals surface area contributed by atoms with Crippen LogP contribution >= 0.6 is 11.8 Å². The molecule has 7 nitrogen and oxygen atoms in total. The van der Waals surface area contributed by atoms with E-state index in [4.69, 9.17) is 14.3 Å². The Hall–Kier alpha value is -2.48. The number of carboxylic acid groups (broad SMARTS) is 1. The predicted octanol–water partition coefficient (Wildman–Crippen LogP) is 1.57. The molecule has 0 aliphatic carbocycles. The molecule has 1 saturated heterocycles. The number of aliphatic carboxylic acids is 1. The summed E-state index contributed by atoms with van der Waals surface area (Å²) in [7, 11) is 0. The topological polar surface area (TPSA) is 97.1 Å². The van der Waals surface area contributed by atoms with Crippen molar-refractivity contribution in [3.8, 4) is 0 Å². The summed E-state index contributed by atoms with van der Waals surface area (Å²) in [6.07, 6.45) is 1.58. The average molecular weight is 321 g/mol. The molecule has 3 rings (SSSR count). The monoisotopic (exact) mass is 321 g/mol. The van der Waals surface area contributed by atoms with E-state index in [2.05, 4.69) is 0 Å². The van der Waals surface area contributed by atoms with Crippen molar-refractivity contribution in [2.75, 3.05) is 0 Å². The maximum absolute atomic E-state index is 12.0. The van der Waals surface area contributed by atoms with E-state index in [9.17, 15) is 14.4 Å². The standard InChI is InChI=1S/C14H11NO6S/c1-7(16)20-5-9-3-2-8(21-9)4-10-12(17)15-11(14(18)19)6-22-13(10)15/h2-4,6,13H,5H2,1H3,(H,18,19)/t13-/m1/s1. The van der Waals surface area contributed by atoms with Gasteiger partial charge in [0.25, 0.3) is 5.91 Å². The molecule has 0 bridgehead atoms. The molecule has 1 aromatic heterocycles. The summed E-state index contributed by atoms with van der Waals surface area (Å²) in [5.41, 5.74) is 0.470. The van der Waals surface area contributed by atoms with Crippen molar-refractivity contribution in [1.29, 1.82) is 0 Å². The quantitative estimate of drug-likeness (QED) is 0.510. The van der Waals surface area contributed by atoms with Crippen LogP contribution in [-0.4, -0.2) is 33.2 Å². The molecule has 1 aromatic rings. The Morgan fingerprint density at radius 2 is 2.27 bits per heavy atom. The fourth-order valence-corrected chi connectivity index (χ4v) is 3.26. The second kappa shape index (κ2) is 5.38. The van der Waals surface area contributed by atoms with Crippen molar-refractivity contribution >= 4 is 35.7 Å². The number of ether oxygens (including phenoxy) is 1. The minimum atomic E-state index is -1.12. The maximum Gasteiger partial charge on any atom is 0.353 e. The average Bonchev–Trinajstić information content (AvgIpc) is 3.07. The smallest absolute Gasteiger partial charge is 0.353 e. The lowest BCUT2D eigenvalue weighted by Gasteiger charge is -2.36.